The van der Waals surface area contributed by atoms with E-state index >= 15 is 0 Å². The molecule has 21 heavy (non-hydrogen) atoms. The number of nitrogens with one attached hydrogen (secondary N) is 1. The molecule has 0 aliphatic heterocycles. The summed E-state index contributed by atoms with van der Waals surface area (Å²) >= 11 is 1.22. The summed E-state index contributed by atoms with van der Waals surface area (Å²) in [7, 11) is 0. The first-order valence-electron chi connectivity index (χ1n) is 6.24. The molecule has 2 N–H and O–H groups in total. The molecule has 1 saturated carbocycles. The van der Waals surface area contributed by atoms with Gasteiger partial charge < -0.3 is 10.4 Å². The molecule has 1 fully saturated rings. The molecule has 8 heteroatoms. The van der Waals surface area contributed by atoms with Crippen LogP contribution in [0.15, 0.2) is 23.1 Å². The summed E-state index contributed by atoms with van der Waals surface area (Å²) < 4.78 is 0. The Kier molecular flexibility index (Phi) is 4.17. The maximum Gasteiger partial charge on any atom is 0.311 e. The number of carbonyl (C=O) groups is 2. The number of nitrogens with zero attached hydrogens (tertiary/aromatic N) is 1. The van der Waals surface area contributed by atoms with Crippen LogP contribution in [0.1, 0.15) is 23.2 Å². The molecule has 0 radical (unpaired) electrons. The molecule has 1 aromatic carbocycles. The van der Waals surface area contributed by atoms with Crippen molar-refractivity contribution in [1.82, 2.24) is 5.32 Å². The van der Waals surface area contributed by atoms with Crippen LogP contribution in [-0.4, -0.2) is 34.7 Å². The highest BCUT2D eigenvalue weighted by atomic mass is 32.2. The number of carbonyl (C=O) groups excluding carboxylic acids is 1. The van der Waals surface area contributed by atoms with Crippen LogP contribution in [0.25, 0.3) is 0 Å². The van der Waals surface area contributed by atoms with Crippen LogP contribution < -0.4 is 5.32 Å². The molecule has 0 unspecified atom stereocenters. The van der Waals surface area contributed by atoms with Crippen LogP contribution in [0.2, 0.25) is 0 Å². The molecule has 0 heterocycles. The summed E-state index contributed by atoms with van der Waals surface area (Å²) in [6.07, 6.45) is 2.79. The Morgan fingerprint density at radius 3 is 2.62 bits per heavy atom. The average molecular weight is 310 g/mol. The number of rotatable bonds is 6. The van der Waals surface area contributed by atoms with Gasteiger partial charge in [0, 0.05) is 18.2 Å². The molecule has 0 aromatic heterocycles. The number of benzene rings is 1. The summed E-state index contributed by atoms with van der Waals surface area (Å²) in [5, 5.41) is 22.5. The molecular formula is C13H14N2O5S. The second-order valence-corrected chi connectivity index (χ2v) is 5.76. The van der Waals surface area contributed by atoms with Crippen molar-refractivity contribution in [3.8, 4) is 0 Å². The molecule has 0 bridgehead atoms. The molecule has 1 aliphatic carbocycles. The zero-order chi connectivity index (χ0) is 15.6. The summed E-state index contributed by atoms with van der Waals surface area (Å²) in [6.45, 7) is 0.0409. The Labute approximate surface area is 124 Å². The second-order valence-electron chi connectivity index (χ2n) is 4.91. The van der Waals surface area contributed by atoms with E-state index < -0.39 is 22.2 Å². The molecule has 1 aliphatic rings. The predicted octanol–water partition coefficient (Wildman–Crippen LogP) is 1.91. The number of hydrogen-bond donors (Lipinski definition) is 2. The second kappa shape index (κ2) is 5.72. The fraction of sp³-hybridized carbons (Fsp3) is 0.385. The molecular weight excluding hydrogens is 296 g/mol. The van der Waals surface area contributed by atoms with Crippen LogP contribution in [0, 0.1) is 15.5 Å². The maximum absolute atomic E-state index is 12.0. The van der Waals surface area contributed by atoms with Crippen molar-refractivity contribution < 1.29 is 19.6 Å². The highest BCUT2D eigenvalue weighted by Crippen LogP contribution is 2.45. The molecule has 1 amide bonds. The van der Waals surface area contributed by atoms with E-state index in [2.05, 4.69) is 5.32 Å². The minimum Gasteiger partial charge on any atom is -0.481 e. The van der Waals surface area contributed by atoms with E-state index in [1.54, 1.807) is 6.26 Å². The van der Waals surface area contributed by atoms with E-state index in [0.29, 0.717) is 17.7 Å². The molecule has 2 rings (SSSR count). The van der Waals surface area contributed by atoms with Gasteiger partial charge in [0.25, 0.3) is 11.6 Å². The minimum atomic E-state index is -0.925. The zero-order valence-electron chi connectivity index (χ0n) is 11.3. The third-order valence-electron chi connectivity index (χ3n) is 3.53. The first kappa shape index (κ1) is 15.3. The fourth-order valence-electron chi connectivity index (χ4n) is 1.94. The number of hydrogen-bond acceptors (Lipinski definition) is 5. The Hall–Kier alpha value is -2.09. The third kappa shape index (κ3) is 3.15. The number of carboxylic acid groups (broad SMARTS) is 1. The van der Waals surface area contributed by atoms with E-state index in [1.807, 2.05) is 0 Å². The topological polar surface area (TPSA) is 110 Å². The van der Waals surface area contributed by atoms with Crippen molar-refractivity contribution in [3.63, 3.8) is 0 Å². The Bertz CT molecular complexity index is 613. The average Bonchev–Trinajstić information content (AvgIpc) is 3.25. The van der Waals surface area contributed by atoms with E-state index in [9.17, 15) is 19.7 Å². The van der Waals surface area contributed by atoms with Gasteiger partial charge in [0.15, 0.2) is 0 Å². The summed E-state index contributed by atoms with van der Waals surface area (Å²) in [6, 6.07) is 4.22. The van der Waals surface area contributed by atoms with E-state index in [4.69, 9.17) is 5.11 Å². The third-order valence-corrected chi connectivity index (χ3v) is 4.32. The highest BCUT2D eigenvalue weighted by Gasteiger charge is 2.50. The number of amides is 1. The lowest BCUT2D eigenvalue weighted by Gasteiger charge is -2.11. The summed E-state index contributed by atoms with van der Waals surface area (Å²) in [5.74, 6) is -1.43. The number of nitro groups is 1. The SMILES string of the molecule is CSc1ccc(C(=O)NCC2(C(=O)O)CC2)cc1[N+](=O)[O-]. The Morgan fingerprint density at radius 1 is 1.48 bits per heavy atom. The fourth-order valence-corrected chi connectivity index (χ4v) is 2.49. The summed E-state index contributed by atoms with van der Waals surface area (Å²) in [5.41, 5.74) is -0.837. The van der Waals surface area contributed by atoms with Gasteiger partial charge in [-0.25, -0.2) is 0 Å². The van der Waals surface area contributed by atoms with Crippen LogP contribution in [-0.2, 0) is 4.79 Å². The lowest BCUT2D eigenvalue weighted by Crippen LogP contribution is -2.34. The van der Waals surface area contributed by atoms with Gasteiger partial charge >= 0.3 is 5.97 Å². The van der Waals surface area contributed by atoms with Crippen molar-refractivity contribution in [2.45, 2.75) is 17.7 Å². The Balaban J connectivity index is 2.11. The Morgan fingerprint density at radius 2 is 2.14 bits per heavy atom. The van der Waals surface area contributed by atoms with Gasteiger partial charge in [0.05, 0.1) is 15.2 Å². The van der Waals surface area contributed by atoms with Gasteiger partial charge in [0.1, 0.15) is 0 Å². The van der Waals surface area contributed by atoms with Crippen molar-refractivity contribution in [3.05, 3.63) is 33.9 Å². The largest absolute Gasteiger partial charge is 0.481 e. The van der Waals surface area contributed by atoms with E-state index in [-0.39, 0.29) is 17.8 Å². The lowest BCUT2D eigenvalue weighted by molar-refractivity contribution is -0.387. The van der Waals surface area contributed by atoms with Gasteiger partial charge in [-0.05, 0) is 31.2 Å². The smallest absolute Gasteiger partial charge is 0.311 e. The van der Waals surface area contributed by atoms with Crippen LogP contribution >= 0.6 is 11.8 Å². The van der Waals surface area contributed by atoms with Gasteiger partial charge in [0.2, 0.25) is 0 Å². The monoisotopic (exact) mass is 310 g/mol. The number of aliphatic carboxylic acids is 1. The van der Waals surface area contributed by atoms with Crippen LogP contribution in [0.5, 0.6) is 0 Å². The van der Waals surface area contributed by atoms with Gasteiger partial charge in [-0.1, -0.05) is 0 Å². The van der Waals surface area contributed by atoms with Crippen molar-refractivity contribution >= 4 is 29.3 Å². The highest BCUT2D eigenvalue weighted by molar-refractivity contribution is 7.98. The van der Waals surface area contributed by atoms with Crippen molar-refractivity contribution in [1.29, 1.82) is 0 Å². The van der Waals surface area contributed by atoms with Crippen LogP contribution in [0.4, 0.5) is 5.69 Å². The molecule has 0 saturated heterocycles. The molecule has 112 valence electrons. The number of thioether (sulfide) groups is 1. The lowest BCUT2D eigenvalue weighted by atomic mass is 10.1. The zero-order valence-corrected chi connectivity index (χ0v) is 12.1. The van der Waals surface area contributed by atoms with Crippen molar-refractivity contribution in [2.24, 2.45) is 5.41 Å². The minimum absolute atomic E-state index is 0.0409. The maximum atomic E-state index is 12.0. The quantitative estimate of drug-likeness (QED) is 0.472. The van der Waals surface area contributed by atoms with Gasteiger partial charge in [-0.15, -0.1) is 11.8 Å². The van der Waals surface area contributed by atoms with Crippen molar-refractivity contribution in [2.75, 3.05) is 12.8 Å². The molecule has 0 spiro atoms. The molecule has 7 nitrogen and oxygen atoms in total. The first-order valence-corrected chi connectivity index (χ1v) is 7.46. The molecule has 0 atom stereocenters. The van der Waals surface area contributed by atoms with Gasteiger partial charge in [-0.2, -0.15) is 0 Å². The van der Waals surface area contributed by atoms with E-state index in [0.717, 1.165) is 0 Å². The normalized spacial score (nSPS) is 15.3. The van der Waals surface area contributed by atoms with Crippen LogP contribution in [0.3, 0.4) is 0 Å². The summed E-state index contributed by atoms with van der Waals surface area (Å²) in [4.78, 5) is 33.9. The predicted molar refractivity (Wildman–Crippen MR) is 76.5 cm³/mol. The van der Waals surface area contributed by atoms with E-state index in [1.165, 1.54) is 30.0 Å². The first-order chi connectivity index (χ1) is 9.89. The standard InChI is InChI=1S/C13H14N2O5S/c1-21-10-3-2-8(6-9(10)15(19)20)11(16)14-7-13(4-5-13)12(17)18/h2-3,6H,4-5,7H2,1H3,(H,14,16)(H,17,18). The number of nitro benzene ring substituents is 1. The van der Waals surface area contributed by atoms with Gasteiger partial charge in [-0.3, -0.25) is 19.7 Å². The molecule has 1 aromatic rings. The number of carboxylic acids is 1.